The van der Waals surface area contributed by atoms with E-state index in [4.69, 9.17) is 24.1 Å². The maximum atomic E-state index is 9.04. The Bertz CT molecular complexity index is 354. The Morgan fingerprint density at radius 2 is 1.84 bits per heavy atom. The Morgan fingerprint density at radius 1 is 1.00 bits per heavy atom. The summed E-state index contributed by atoms with van der Waals surface area (Å²) in [4.78, 5) is 0. The van der Waals surface area contributed by atoms with Crippen LogP contribution in [-0.4, -0.2) is 45.8 Å². The van der Waals surface area contributed by atoms with Gasteiger partial charge in [0.15, 0.2) is 11.5 Å². The van der Waals surface area contributed by atoms with E-state index in [2.05, 4.69) is 0 Å². The van der Waals surface area contributed by atoms with E-state index >= 15 is 0 Å². The van der Waals surface area contributed by atoms with Crippen molar-refractivity contribution in [2.75, 3.05) is 40.6 Å². The first kappa shape index (κ1) is 15.8. The highest BCUT2D eigenvalue weighted by Gasteiger charge is 2.05. The average Bonchev–Trinajstić information content (AvgIpc) is 2.46. The topological polar surface area (TPSA) is 57.2 Å². The first-order valence-corrected chi connectivity index (χ1v) is 6.29. The lowest BCUT2D eigenvalue weighted by Crippen LogP contribution is -2.09. The number of aliphatic hydroxyl groups is 1. The van der Waals surface area contributed by atoms with E-state index in [1.807, 2.05) is 0 Å². The summed E-state index contributed by atoms with van der Waals surface area (Å²) in [7, 11) is 3.25. The molecule has 0 aliphatic heterocycles. The number of methoxy groups -OCH3 is 2. The van der Waals surface area contributed by atoms with Crippen molar-refractivity contribution < 1.29 is 24.1 Å². The molecular weight excluding hydrogens is 248 g/mol. The molecule has 1 N–H and O–H groups in total. The van der Waals surface area contributed by atoms with Gasteiger partial charge in [-0.15, -0.1) is 0 Å². The molecule has 0 amide bonds. The van der Waals surface area contributed by atoms with E-state index < -0.39 is 0 Å². The molecule has 0 fully saturated rings. The van der Waals surface area contributed by atoms with Crippen molar-refractivity contribution in [2.24, 2.45) is 0 Å². The van der Waals surface area contributed by atoms with Gasteiger partial charge in [-0.05, 0) is 24.1 Å². The van der Waals surface area contributed by atoms with E-state index in [1.165, 1.54) is 0 Å². The van der Waals surface area contributed by atoms with Gasteiger partial charge < -0.3 is 24.1 Å². The fraction of sp³-hybridized carbons (Fsp3) is 0.571. The zero-order valence-corrected chi connectivity index (χ0v) is 11.6. The maximum Gasteiger partial charge on any atom is 0.161 e. The third-order valence-electron chi connectivity index (χ3n) is 2.53. The number of hydrogen-bond acceptors (Lipinski definition) is 5. The number of hydrogen-bond donors (Lipinski definition) is 1. The summed E-state index contributed by atoms with van der Waals surface area (Å²) >= 11 is 0. The summed E-state index contributed by atoms with van der Waals surface area (Å²) < 4.78 is 21.1. The van der Waals surface area contributed by atoms with Crippen LogP contribution in [0.5, 0.6) is 11.5 Å². The summed E-state index contributed by atoms with van der Waals surface area (Å²) in [5, 5.41) is 9.04. The van der Waals surface area contributed by atoms with Gasteiger partial charge in [-0.25, -0.2) is 0 Å². The lowest BCUT2D eigenvalue weighted by atomic mass is 10.2. The molecular formula is C14H22O5. The first-order valence-electron chi connectivity index (χ1n) is 6.29. The normalized spacial score (nSPS) is 10.5. The van der Waals surface area contributed by atoms with Crippen molar-refractivity contribution in [2.45, 2.75) is 13.0 Å². The summed E-state index contributed by atoms with van der Waals surface area (Å²) in [5.74, 6) is 1.27. The Hall–Kier alpha value is -1.30. The molecule has 0 aromatic heterocycles. The maximum absolute atomic E-state index is 9.04. The third-order valence-corrected chi connectivity index (χ3v) is 2.53. The molecule has 5 heteroatoms. The van der Waals surface area contributed by atoms with Gasteiger partial charge in [0.05, 0.1) is 20.3 Å². The van der Waals surface area contributed by atoms with Gasteiger partial charge in [0.25, 0.3) is 0 Å². The molecule has 0 aliphatic rings. The predicted octanol–water partition coefficient (Wildman–Crippen LogP) is 1.62. The summed E-state index contributed by atoms with van der Waals surface area (Å²) in [6.07, 6.45) is 0.880. The lowest BCUT2D eigenvalue weighted by Gasteiger charge is -2.11. The number of benzene rings is 1. The smallest absolute Gasteiger partial charge is 0.161 e. The Balaban J connectivity index is 2.28. The lowest BCUT2D eigenvalue weighted by molar-refractivity contribution is 0.0799. The van der Waals surface area contributed by atoms with Crippen LogP contribution in [0.3, 0.4) is 0 Å². The van der Waals surface area contributed by atoms with Crippen LogP contribution in [0, 0.1) is 0 Å². The van der Waals surface area contributed by atoms with Gasteiger partial charge in [0.1, 0.15) is 6.61 Å². The molecule has 0 unspecified atom stereocenters. The Labute approximate surface area is 114 Å². The van der Waals surface area contributed by atoms with E-state index in [-0.39, 0.29) is 6.61 Å². The Morgan fingerprint density at radius 3 is 2.53 bits per heavy atom. The van der Waals surface area contributed by atoms with Gasteiger partial charge in [0, 0.05) is 20.3 Å². The van der Waals surface area contributed by atoms with Crippen LogP contribution in [0.4, 0.5) is 0 Å². The quantitative estimate of drug-likeness (QED) is 0.655. The van der Waals surface area contributed by atoms with Crippen LogP contribution < -0.4 is 9.47 Å². The highest BCUT2D eigenvalue weighted by Crippen LogP contribution is 2.27. The largest absolute Gasteiger partial charge is 0.493 e. The minimum atomic E-state index is -0.0146. The van der Waals surface area contributed by atoms with Crippen molar-refractivity contribution in [1.29, 1.82) is 0 Å². The minimum Gasteiger partial charge on any atom is -0.493 e. The summed E-state index contributed by atoms with van der Waals surface area (Å²) in [6.45, 7) is 2.34. The SMILES string of the molecule is COCCCOCCOc1ccc(CO)cc1OC. The van der Waals surface area contributed by atoms with Crippen molar-refractivity contribution in [3.05, 3.63) is 23.8 Å². The van der Waals surface area contributed by atoms with Crippen LogP contribution >= 0.6 is 0 Å². The molecule has 0 spiro atoms. The molecule has 5 nitrogen and oxygen atoms in total. The second-order valence-corrected chi connectivity index (χ2v) is 3.95. The first-order chi connectivity index (χ1) is 9.31. The van der Waals surface area contributed by atoms with E-state index in [1.54, 1.807) is 32.4 Å². The van der Waals surface area contributed by atoms with Crippen molar-refractivity contribution >= 4 is 0 Å². The molecule has 0 bridgehead atoms. The standard InChI is InChI=1S/C14H22O5/c1-16-6-3-7-18-8-9-19-13-5-4-12(11-15)10-14(13)17-2/h4-5,10,15H,3,6-9,11H2,1-2H3. The molecule has 0 aliphatic carbocycles. The van der Waals surface area contributed by atoms with Gasteiger partial charge in [-0.2, -0.15) is 0 Å². The minimum absolute atomic E-state index is 0.0146. The van der Waals surface area contributed by atoms with E-state index in [0.29, 0.717) is 37.9 Å². The van der Waals surface area contributed by atoms with Crippen LogP contribution in [0.1, 0.15) is 12.0 Å². The molecule has 0 heterocycles. The fourth-order valence-corrected chi connectivity index (χ4v) is 1.55. The zero-order valence-electron chi connectivity index (χ0n) is 11.6. The number of rotatable bonds is 10. The van der Waals surface area contributed by atoms with Gasteiger partial charge in [0.2, 0.25) is 0 Å². The Kier molecular flexibility index (Phi) is 7.97. The highest BCUT2D eigenvalue weighted by atomic mass is 16.5. The molecule has 19 heavy (non-hydrogen) atoms. The van der Waals surface area contributed by atoms with Crippen molar-refractivity contribution in [3.63, 3.8) is 0 Å². The fourth-order valence-electron chi connectivity index (χ4n) is 1.55. The second-order valence-electron chi connectivity index (χ2n) is 3.95. The molecule has 0 radical (unpaired) electrons. The van der Waals surface area contributed by atoms with Crippen molar-refractivity contribution in [3.8, 4) is 11.5 Å². The third kappa shape index (κ3) is 5.92. The van der Waals surface area contributed by atoms with Gasteiger partial charge in [-0.1, -0.05) is 6.07 Å². The number of aliphatic hydroxyl groups excluding tert-OH is 1. The molecule has 1 aromatic carbocycles. The van der Waals surface area contributed by atoms with Gasteiger partial charge in [-0.3, -0.25) is 0 Å². The van der Waals surface area contributed by atoms with Crippen LogP contribution in [0.25, 0.3) is 0 Å². The van der Waals surface area contributed by atoms with E-state index in [9.17, 15) is 0 Å². The summed E-state index contributed by atoms with van der Waals surface area (Å²) in [5.41, 5.74) is 0.792. The molecule has 0 saturated carbocycles. The molecule has 0 saturated heterocycles. The molecule has 0 atom stereocenters. The van der Waals surface area contributed by atoms with Crippen LogP contribution in [0.15, 0.2) is 18.2 Å². The zero-order chi connectivity index (χ0) is 13.9. The second kappa shape index (κ2) is 9.61. The predicted molar refractivity (Wildman–Crippen MR) is 71.7 cm³/mol. The monoisotopic (exact) mass is 270 g/mol. The molecule has 1 aromatic rings. The highest BCUT2D eigenvalue weighted by molar-refractivity contribution is 5.42. The van der Waals surface area contributed by atoms with Crippen LogP contribution in [-0.2, 0) is 16.1 Å². The van der Waals surface area contributed by atoms with Crippen molar-refractivity contribution in [1.82, 2.24) is 0 Å². The van der Waals surface area contributed by atoms with E-state index in [0.717, 1.165) is 12.0 Å². The van der Waals surface area contributed by atoms with Crippen LogP contribution in [0.2, 0.25) is 0 Å². The molecule has 108 valence electrons. The van der Waals surface area contributed by atoms with Gasteiger partial charge >= 0.3 is 0 Å². The number of ether oxygens (including phenoxy) is 4. The summed E-state index contributed by atoms with van der Waals surface area (Å²) in [6, 6.07) is 5.35. The molecule has 1 rings (SSSR count). The average molecular weight is 270 g/mol.